The number of aromatic nitrogens is 1. The van der Waals surface area contributed by atoms with Crippen molar-refractivity contribution in [2.24, 2.45) is 0 Å². The Labute approximate surface area is 171 Å². The number of carbonyl (C=O) groups is 1. The lowest BCUT2D eigenvalue weighted by Crippen LogP contribution is -2.33. The fourth-order valence-corrected chi connectivity index (χ4v) is 4.71. The summed E-state index contributed by atoms with van der Waals surface area (Å²) in [6.45, 7) is 3.99. The lowest BCUT2D eigenvalue weighted by molar-refractivity contribution is 0.0935. The largest absolute Gasteiger partial charge is 0.345 e. The Hall–Kier alpha value is -2.88. The number of benzene rings is 2. The van der Waals surface area contributed by atoms with Gasteiger partial charge in [0.05, 0.1) is 11.6 Å². The Kier molecular flexibility index (Phi) is 5.52. The van der Waals surface area contributed by atoms with E-state index in [9.17, 15) is 9.59 Å². The van der Waals surface area contributed by atoms with Crippen LogP contribution in [0, 0.1) is 6.92 Å². The normalized spacial score (nSPS) is 15.5. The quantitative estimate of drug-likeness (QED) is 0.644. The van der Waals surface area contributed by atoms with Gasteiger partial charge in [-0.2, -0.15) is 0 Å². The van der Waals surface area contributed by atoms with Crippen LogP contribution >= 0.6 is 0 Å². The van der Waals surface area contributed by atoms with Crippen LogP contribution in [-0.4, -0.2) is 10.5 Å². The summed E-state index contributed by atoms with van der Waals surface area (Å²) < 4.78 is 1.88. The zero-order valence-electron chi connectivity index (χ0n) is 17.2. The number of rotatable bonds is 5. The van der Waals surface area contributed by atoms with Crippen LogP contribution in [0.25, 0.3) is 10.8 Å². The zero-order valence-corrected chi connectivity index (χ0v) is 17.2. The van der Waals surface area contributed by atoms with Crippen molar-refractivity contribution in [1.29, 1.82) is 0 Å². The molecule has 0 unspecified atom stereocenters. The minimum Gasteiger partial charge on any atom is -0.345 e. The third-order valence-electron chi connectivity index (χ3n) is 6.20. The highest BCUT2D eigenvalue weighted by Gasteiger charge is 2.26. The summed E-state index contributed by atoms with van der Waals surface area (Å²) in [5, 5.41) is 4.58. The fourth-order valence-electron chi connectivity index (χ4n) is 4.71. The molecule has 1 saturated carbocycles. The summed E-state index contributed by atoms with van der Waals surface area (Å²) in [6, 6.07) is 17.7. The number of hydrogen-bond donors (Lipinski definition) is 1. The van der Waals surface area contributed by atoms with Crippen LogP contribution in [0.2, 0.25) is 0 Å². The number of pyridine rings is 1. The first-order chi connectivity index (χ1) is 14.1. The summed E-state index contributed by atoms with van der Waals surface area (Å²) in [5.74, 6) is -0.110. The number of amides is 1. The highest BCUT2D eigenvalue weighted by molar-refractivity contribution is 6.07. The average Bonchev–Trinajstić information content (AvgIpc) is 3.27. The molecule has 0 bridgehead atoms. The fraction of sp³-hybridized carbons (Fsp3) is 0.360. The van der Waals surface area contributed by atoms with E-state index in [2.05, 4.69) is 12.2 Å². The molecular weight excluding hydrogens is 360 g/mol. The molecule has 150 valence electrons. The van der Waals surface area contributed by atoms with Gasteiger partial charge in [-0.1, -0.05) is 68.3 Å². The van der Waals surface area contributed by atoms with Crippen LogP contribution in [0.5, 0.6) is 0 Å². The van der Waals surface area contributed by atoms with Crippen molar-refractivity contribution in [3.05, 3.63) is 81.8 Å². The number of hydrogen-bond acceptors (Lipinski definition) is 2. The smallest absolute Gasteiger partial charge is 0.258 e. The van der Waals surface area contributed by atoms with Gasteiger partial charge in [-0.3, -0.25) is 9.59 Å². The van der Waals surface area contributed by atoms with E-state index in [1.165, 1.54) is 0 Å². The van der Waals surface area contributed by atoms with Crippen molar-refractivity contribution in [2.75, 3.05) is 0 Å². The maximum absolute atomic E-state index is 13.5. The van der Waals surface area contributed by atoms with Gasteiger partial charge in [-0.15, -0.1) is 0 Å². The number of nitrogens with zero attached hydrogens (tertiary/aromatic N) is 1. The van der Waals surface area contributed by atoms with Crippen molar-refractivity contribution < 1.29 is 4.79 Å². The predicted molar refractivity (Wildman–Crippen MR) is 117 cm³/mol. The second-order valence-electron chi connectivity index (χ2n) is 7.96. The van der Waals surface area contributed by atoms with Gasteiger partial charge in [0.2, 0.25) is 0 Å². The maximum Gasteiger partial charge on any atom is 0.258 e. The summed E-state index contributed by atoms with van der Waals surface area (Å²) in [5.41, 5.74) is 2.52. The molecule has 0 spiro atoms. The number of nitrogens with one attached hydrogen (secondary N) is 1. The van der Waals surface area contributed by atoms with E-state index in [4.69, 9.17) is 0 Å². The molecular formula is C25H28N2O2. The molecule has 0 aliphatic heterocycles. The van der Waals surface area contributed by atoms with Crippen molar-refractivity contribution in [3.8, 4) is 0 Å². The Bertz CT molecular complexity index is 1080. The molecule has 3 aromatic rings. The first kappa shape index (κ1) is 19.4. The molecule has 1 aromatic heterocycles. The molecule has 4 nitrogen and oxygen atoms in total. The topological polar surface area (TPSA) is 51.1 Å². The van der Waals surface area contributed by atoms with Crippen molar-refractivity contribution in [3.63, 3.8) is 0 Å². The highest BCUT2D eigenvalue weighted by atomic mass is 16.2. The van der Waals surface area contributed by atoms with E-state index in [1.807, 2.05) is 66.1 Å². The minimum atomic E-state index is -0.110. The lowest BCUT2D eigenvalue weighted by Gasteiger charge is -2.23. The molecule has 1 N–H and O–H groups in total. The van der Waals surface area contributed by atoms with Crippen LogP contribution in [0.1, 0.15) is 72.7 Å². The molecule has 1 atom stereocenters. The molecule has 4 heteroatoms. The van der Waals surface area contributed by atoms with Crippen LogP contribution in [0.3, 0.4) is 0 Å². The van der Waals surface area contributed by atoms with Gasteiger partial charge < -0.3 is 9.88 Å². The summed E-state index contributed by atoms with van der Waals surface area (Å²) in [7, 11) is 0. The third kappa shape index (κ3) is 3.59. The predicted octanol–water partition coefficient (Wildman–Crippen LogP) is 5.31. The molecule has 1 amide bonds. The first-order valence-electron chi connectivity index (χ1n) is 10.6. The summed E-state index contributed by atoms with van der Waals surface area (Å²) >= 11 is 0. The highest BCUT2D eigenvalue weighted by Crippen LogP contribution is 2.32. The van der Waals surface area contributed by atoms with Gasteiger partial charge >= 0.3 is 0 Å². The Morgan fingerprint density at radius 1 is 1.03 bits per heavy atom. The van der Waals surface area contributed by atoms with Gasteiger partial charge in [0.15, 0.2) is 0 Å². The summed E-state index contributed by atoms with van der Waals surface area (Å²) in [4.78, 5) is 26.7. The van der Waals surface area contributed by atoms with E-state index < -0.39 is 0 Å². The molecule has 1 aliphatic carbocycles. The molecule has 4 rings (SSSR count). The molecule has 2 aromatic carbocycles. The van der Waals surface area contributed by atoms with Gasteiger partial charge in [0.1, 0.15) is 0 Å². The van der Waals surface area contributed by atoms with Gasteiger partial charge in [-0.25, -0.2) is 0 Å². The van der Waals surface area contributed by atoms with Gasteiger partial charge in [-0.05, 0) is 37.8 Å². The maximum atomic E-state index is 13.5. The van der Waals surface area contributed by atoms with Crippen molar-refractivity contribution in [2.45, 2.75) is 58.0 Å². The molecule has 29 heavy (non-hydrogen) atoms. The zero-order chi connectivity index (χ0) is 20.4. The van der Waals surface area contributed by atoms with Crippen LogP contribution in [0.15, 0.2) is 59.4 Å². The molecule has 1 fully saturated rings. The van der Waals surface area contributed by atoms with E-state index in [0.29, 0.717) is 10.9 Å². The van der Waals surface area contributed by atoms with Crippen LogP contribution in [-0.2, 0) is 0 Å². The molecule has 0 radical (unpaired) electrons. The number of fused-ring (bicyclic) bond motifs is 1. The van der Waals surface area contributed by atoms with Crippen molar-refractivity contribution in [1.82, 2.24) is 9.88 Å². The van der Waals surface area contributed by atoms with E-state index in [1.54, 1.807) is 0 Å². The minimum absolute atomic E-state index is 0.0247. The monoisotopic (exact) mass is 388 g/mol. The van der Waals surface area contributed by atoms with Crippen molar-refractivity contribution >= 4 is 16.7 Å². The Morgan fingerprint density at radius 2 is 1.66 bits per heavy atom. The summed E-state index contributed by atoms with van der Waals surface area (Å²) in [6.07, 6.45) is 5.08. The standard InChI is InChI=1S/C25H28N2O2/c1-3-22(18-11-5-4-6-12-18)26-24(28)23-17(2)27(19-13-7-8-14-19)25(29)21-16-10-9-15-20(21)23/h4-6,9-12,15-16,19,22H,3,7-8,13-14H2,1-2H3,(H,26,28)/t22-/m1/s1. The van der Waals surface area contributed by atoms with Crippen LogP contribution < -0.4 is 10.9 Å². The first-order valence-corrected chi connectivity index (χ1v) is 10.6. The molecule has 1 heterocycles. The SMILES string of the molecule is CC[C@@H](NC(=O)c1c(C)n(C2CCCC2)c(=O)c2ccccc12)c1ccccc1. The van der Waals surface area contributed by atoms with E-state index in [-0.39, 0.29) is 23.6 Å². The second-order valence-corrected chi connectivity index (χ2v) is 7.96. The lowest BCUT2D eigenvalue weighted by atomic mass is 10.00. The average molecular weight is 389 g/mol. The Morgan fingerprint density at radius 3 is 2.31 bits per heavy atom. The van der Waals surface area contributed by atoms with Crippen LogP contribution in [0.4, 0.5) is 0 Å². The van der Waals surface area contributed by atoms with Gasteiger partial charge in [0.25, 0.3) is 11.5 Å². The van der Waals surface area contributed by atoms with E-state index in [0.717, 1.165) is 48.7 Å². The Balaban J connectivity index is 1.82. The van der Waals surface area contributed by atoms with Gasteiger partial charge in [0, 0.05) is 22.5 Å². The second kappa shape index (κ2) is 8.24. The third-order valence-corrected chi connectivity index (χ3v) is 6.20. The number of carbonyl (C=O) groups excluding carboxylic acids is 1. The molecule has 0 saturated heterocycles. The van der Waals surface area contributed by atoms with E-state index >= 15 is 0 Å². The molecule has 1 aliphatic rings.